The molecule has 1 aliphatic rings. The quantitative estimate of drug-likeness (QED) is 0.385. The first-order valence-corrected chi connectivity index (χ1v) is 9.19. The lowest BCUT2D eigenvalue weighted by Crippen LogP contribution is -2.65. The molecule has 0 aliphatic carbocycles. The molecule has 1 saturated heterocycles. The van der Waals surface area contributed by atoms with Crippen LogP contribution in [0.25, 0.3) is 0 Å². The van der Waals surface area contributed by atoms with Crippen molar-refractivity contribution in [3.8, 4) is 0 Å². The van der Waals surface area contributed by atoms with Gasteiger partial charge in [-0.3, -0.25) is 0 Å². The fraction of sp³-hybridized carbons (Fsp3) is 1.00. The van der Waals surface area contributed by atoms with E-state index in [0.717, 1.165) is 12.8 Å². The molecular formula is C19H39NO4. The molecule has 24 heavy (non-hydrogen) atoms. The molecule has 1 N–H and O–H groups in total. The smallest absolute Gasteiger partial charge is 0.237 e. The number of rotatable bonds is 8. The summed E-state index contributed by atoms with van der Waals surface area (Å²) in [5.41, 5.74) is -1.09. The summed E-state index contributed by atoms with van der Waals surface area (Å²) in [6.45, 7) is 20.8. The van der Waals surface area contributed by atoms with Crippen molar-refractivity contribution in [2.45, 2.75) is 123 Å². The average Bonchev–Trinajstić information content (AvgIpc) is 2.40. The Kier molecular flexibility index (Phi) is 6.55. The Labute approximate surface area is 148 Å². The lowest BCUT2D eigenvalue weighted by atomic mass is 9.79. The van der Waals surface area contributed by atoms with E-state index in [2.05, 4.69) is 46.9 Å². The van der Waals surface area contributed by atoms with Crippen LogP contribution in [0, 0.1) is 0 Å². The van der Waals surface area contributed by atoms with Gasteiger partial charge >= 0.3 is 0 Å². The summed E-state index contributed by atoms with van der Waals surface area (Å²) in [7, 11) is 0. The van der Waals surface area contributed by atoms with E-state index < -0.39 is 5.79 Å². The Hall–Kier alpha value is -0.200. The molecule has 1 fully saturated rings. The fourth-order valence-electron chi connectivity index (χ4n) is 3.04. The molecule has 0 amide bonds. The summed E-state index contributed by atoms with van der Waals surface area (Å²) in [5.74, 6) is -0.947. The maximum Gasteiger partial charge on any atom is 0.237 e. The molecule has 1 rings (SSSR count). The first kappa shape index (κ1) is 21.8. The van der Waals surface area contributed by atoms with E-state index in [1.807, 2.05) is 27.7 Å². The van der Waals surface area contributed by atoms with E-state index in [0.29, 0.717) is 12.8 Å². The molecule has 5 nitrogen and oxygen atoms in total. The van der Waals surface area contributed by atoms with Gasteiger partial charge in [-0.1, -0.05) is 13.8 Å². The Morgan fingerprint density at radius 1 is 0.750 bits per heavy atom. The lowest BCUT2D eigenvalue weighted by Gasteiger charge is -2.51. The Morgan fingerprint density at radius 3 is 1.38 bits per heavy atom. The number of hydrogen-bond acceptors (Lipinski definition) is 5. The zero-order valence-electron chi connectivity index (χ0n) is 17.5. The van der Waals surface area contributed by atoms with Gasteiger partial charge in [-0.15, -0.1) is 0 Å². The predicted molar refractivity (Wildman–Crippen MR) is 96.3 cm³/mol. The molecular weight excluding hydrogens is 306 g/mol. The highest BCUT2D eigenvalue weighted by molar-refractivity contribution is 5.01. The molecule has 1 aliphatic heterocycles. The first-order chi connectivity index (χ1) is 10.7. The van der Waals surface area contributed by atoms with Crippen molar-refractivity contribution in [2.75, 3.05) is 0 Å². The molecule has 0 unspecified atom stereocenters. The van der Waals surface area contributed by atoms with Gasteiger partial charge in [0, 0.05) is 23.9 Å². The minimum absolute atomic E-state index is 0.165. The molecule has 144 valence electrons. The van der Waals surface area contributed by atoms with E-state index in [9.17, 15) is 0 Å². The van der Waals surface area contributed by atoms with E-state index in [-0.39, 0.29) is 22.3 Å². The van der Waals surface area contributed by atoms with Gasteiger partial charge in [0.25, 0.3) is 0 Å². The highest BCUT2D eigenvalue weighted by Crippen LogP contribution is 2.41. The first-order valence-electron chi connectivity index (χ1n) is 9.19. The second-order valence-corrected chi connectivity index (χ2v) is 9.72. The van der Waals surface area contributed by atoms with Gasteiger partial charge in [-0.05, 0) is 68.2 Å². The summed E-state index contributed by atoms with van der Waals surface area (Å²) in [4.78, 5) is 23.4. The van der Waals surface area contributed by atoms with Gasteiger partial charge in [0.2, 0.25) is 5.79 Å². The van der Waals surface area contributed by atoms with Gasteiger partial charge < -0.3 is 5.32 Å². The number of nitrogens with one attached hydrogen (secondary N) is 1. The molecule has 0 bridgehead atoms. The molecule has 0 aromatic carbocycles. The third kappa shape index (κ3) is 6.60. The van der Waals surface area contributed by atoms with Crippen LogP contribution in [0.1, 0.15) is 94.9 Å². The van der Waals surface area contributed by atoms with Crippen LogP contribution in [-0.4, -0.2) is 28.1 Å². The monoisotopic (exact) mass is 345 g/mol. The summed E-state index contributed by atoms with van der Waals surface area (Å²) >= 11 is 0. The Morgan fingerprint density at radius 2 is 1.08 bits per heavy atom. The van der Waals surface area contributed by atoms with Crippen molar-refractivity contribution >= 4 is 0 Å². The zero-order valence-corrected chi connectivity index (χ0v) is 17.5. The topological polar surface area (TPSA) is 49.0 Å². The molecule has 5 heteroatoms. The van der Waals surface area contributed by atoms with E-state index >= 15 is 0 Å². The summed E-state index contributed by atoms with van der Waals surface area (Å²) < 4.78 is 0. The van der Waals surface area contributed by atoms with Crippen LogP contribution in [0.15, 0.2) is 0 Å². The molecule has 0 radical (unpaired) electrons. The number of piperidine rings is 1. The summed E-state index contributed by atoms with van der Waals surface area (Å²) in [6.07, 6.45) is 2.94. The van der Waals surface area contributed by atoms with Crippen molar-refractivity contribution in [3.63, 3.8) is 0 Å². The highest BCUT2D eigenvalue weighted by atomic mass is 17.3. The van der Waals surface area contributed by atoms with Gasteiger partial charge in [0.15, 0.2) is 0 Å². The molecule has 0 spiro atoms. The average molecular weight is 346 g/mol. The van der Waals surface area contributed by atoms with E-state index in [4.69, 9.17) is 19.6 Å². The summed E-state index contributed by atoms with van der Waals surface area (Å²) in [5, 5.41) is 3.64. The van der Waals surface area contributed by atoms with Crippen molar-refractivity contribution in [1.29, 1.82) is 0 Å². The van der Waals surface area contributed by atoms with Crippen molar-refractivity contribution in [1.82, 2.24) is 5.32 Å². The minimum Gasteiger partial charge on any atom is -0.306 e. The normalized spacial score (nSPS) is 23.2. The van der Waals surface area contributed by atoms with Crippen molar-refractivity contribution in [3.05, 3.63) is 0 Å². The van der Waals surface area contributed by atoms with Crippen LogP contribution in [0.4, 0.5) is 0 Å². The van der Waals surface area contributed by atoms with Crippen LogP contribution < -0.4 is 5.32 Å². The second kappa shape index (κ2) is 7.20. The molecule has 0 aromatic rings. The highest BCUT2D eigenvalue weighted by Gasteiger charge is 2.52. The van der Waals surface area contributed by atoms with Crippen LogP contribution in [0.2, 0.25) is 0 Å². The van der Waals surface area contributed by atoms with Crippen LogP contribution >= 0.6 is 0 Å². The second-order valence-electron chi connectivity index (χ2n) is 9.72. The van der Waals surface area contributed by atoms with Crippen LogP contribution in [-0.2, 0) is 19.6 Å². The molecule has 0 aromatic heterocycles. The SMILES string of the molecule is CCC(C)(C)OOC1(OOC(C)(C)CC)CC(C)(C)NC(C)(C)C1. The molecule has 0 saturated carbocycles. The van der Waals surface area contributed by atoms with E-state index in [1.165, 1.54) is 0 Å². The van der Waals surface area contributed by atoms with Crippen molar-refractivity contribution < 1.29 is 19.6 Å². The number of hydrogen-bond donors (Lipinski definition) is 1. The Bertz CT molecular complexity index is 378. The predicted octanol–water partition coefficient (Wildman–Crippen LogP) is 4.90. The Balaban J connectivity index is 3.01. The van der Waals surface area contributed by atoms with Crippen LogP contribution in [0.3, 0.4) is 0 Å². The standard InChI is InChI=1S/C19H39NO4/c1-11-17(7,8)21-23-19(24-22-18(9,10)12-2)13-15(3,4)20-16(5,6)14-19/h20H,11-14H2,1-10H3. The van der Waals surface area contributed by atoms with Gasteiger partial charge in [0.05, 0.1) is 11.2 Å². The van der Waals surface area contributed by atoms with Crippen LogP contribution in [0.5, 0.6) is 0 Å². The van der Waals surface area contributed by atoms with Crippen molar-refractivity contribution in [2.24, 2.45) is 0 Å². The maximum absolute atomic E-state index is 5.95. The lowest BCUT2D eigenvalue weighted by molar-refractivity contribution is -0.552. The van der Waals surface area contributed by atoms with Gasteiger partial charge in [-0.2, -0.15) is 9.78 Å². The largest absolute Gasteiger partial charge is 0.306 e. The summed E-state index contributed by atoms with van der Waals surface area (Å²) in [6, 6.07) is 0. The van der Waals surface area contributed by atoms with Gasteiger partial charge in [0.1, 0.15) is 0 Å². The van der Waals surface area contributed by atoms with Gasteiger partial charge in [-0.25, -0.2) is 9.78 Å². The third-order valence-corrected chi connectivity index (χ3v) is 4.64. The molecule has 0 atom stereocenters. The maximum atomic E-state index is 5.95. The molecule has 1 heterocycles. The third-order valence-electron chi connectivity index (χ3n) is 4.64. The minimum atomic E-state index is -0.947. The fourth-order valence-corrected chi connectivity index (χ4v) is 3.04. The van der Waals surface area contributed by atoms with E-state index in [1.54, 1.807) is 0 Å². The zero-order chi connectivity index (χ0) is 18.9.